The van der Waals surface area contributed by atoms with E-state index in [1.165, 1.54) is 37.6 Å². The van der Waals surface area contributed by atoms with Gasteiger partial charge in [0, 0.05) is 29.1 Å². The minimum absolute atomic E-state index is 0.122. The minimum atomic E-state index is -0.122. The van der Waals surface area contributed by atoms with Gasteiger partial charge in [-0.05, 0) is 32.2 Å². The molecule has 2 aliphatic rings. The molecule has 0 amide bonds. The molecule has 1 aliphatic carbocycles. The van der Waals surface area contributed by atoms with E-state index < -0.39 is 0 Å². The number of hydrogen-bond donors (Lipinski definition) is 1. The molecule has 0 aromatic carbocycles. The molecule has 1 N–H and O–H groups in total. The first kappa shape index (κ1) is 14.6. The van der Waals surface area contributed by atoms with Crippen LogP contribution in [-0.2, 0) is 0 Å². The fourth-order valence-corrected chi connectivity index (χ4v) is 3.74. The van der Waals surface area contributed by atoms with Gasteiger partial charge in [-0.15, -0.1) is 0 Å². The fraction of sp³-hybridized carbons (Fsp3) is 0.857. The number of likely N-dealkylation sites (tertiary alicyclic amines) is 1. The molecule has 3 unspecified atom stereocenters. The molecule has 18 heavy (non-hydrogen) atoms. The minimum Gasteiger partial charge on any atom is -0.393 e. The number of halogens is 2. The third kappa shape index (κ3) is 3.63. The lowest BCUT2D eigenvalue weighted by Crippen LogP contribution is -2.49. The Balaban J connectivity index is 2.02. The molecule has 2 nitrogen and oxygen atoms in total. The summed E-state index contributed by atoms with van der Waals surface area (Å²) in [4.78, 5) is 2.42. The van der Waals surface area contributed by atoms with Gasteiger partial charge in [-0.2, -0.15) is 0 Å². The summed E-state index contributed by atoms with van der Waals surface area (Å²) in [5.74, 6) is 0.429. The lowest BCUT2D eigenvalue weighted by Gasteiger charge is -2.43. The normalized spacial score (nSPS) is 35.7. The average molecular weight is 292 g/mol. The van der Waals surface area contributed by atoms with Crippen molar-refractivity contribution in [3.8, 4) is 0 Å². The monoisotopic (exact) mass is 291 g/mol. The second-order valence-corrected chi connectivity index (χ2v) is 6.31. The van der Waals surface area contributed by atoms with Crippen molar-refractivity contribution in [3.05, 3.63) is 10.6 Å². The van der Waals surface area contributed by atoms with Crippen molar-refractivity contribution in [2.24, 2.45) is 5.92 Å². The maximum atomic E-state index is 10.2. The molecule has 0 aromatic rings. The van der Waals surface area contributed by atoms with Crippen LogP contribution in [0.5, 0.6) is 0 Å². The van der Waals surface area contributed by atoms with Crippen molar-refractivity contribution in [1.82, 2.24) is 4.90 Å². The third-order valence-electron chi connectivity index (χ3n) is 4.41. The number of rotatable bonds is 3. The molecule has 104 valence electrons. The van der Waals surface area contributed by atoms with Gasteiger partial charge in [0.1, 0.15) is 0 Å². The zero-order valence-electron chi connectivity index (χ0n) is 10.8. The number of nitrogens with zero attached hydrogens (tertiary/aromatic N) is 1. The Morgan fingerprint density at radius 3 is 2.61 bits per heavy atom. The second kappa shape index (κ2) is 7.14. The van der Waals surface area contributed by atoms with Crippen LogP contribution in [-0.4, -0.2) is 35.2 Å². The topological polar surface area (TPSA) is 23.5 Å². The van der Waals surface area contributed by atoms with Crippen LogP contribution in [0.15, 0.2) is 10.6 Å². The maximum absolute atomic E-state index is 10.2. The van der Waals surface area contributed by atoms with E-state index >= 15 is 0 Å². The van der Waals surface area contributed by atoms with E-state index in [0.717, 1.165) is 25.9 Å². The Kier molecular flexibility index (Phi) is 5.81. The van der Waals surface area contributed by atoms with Gasteiger partial charge in [-0.1, -0.05) is 42.5 Å². The standard InChI is InChI=1S/C14H23Cl2NO/c15-9-11(16)10-17-8-4-3-6-13(17)12-5-1-2-7-14(12)18/h9,12-14,18H,1-8,10H2. The van der Waals surface area contributed by atoms with E-state index in [0.29, 0.717) is 17.0 Å². The zero-order valence-corrected chi connectivity index (χ0v) is 12.3. The van der Waals surface area contributed by atoms with E-state index in [-0.39, 0.29) is 6.10 Å². The molecule has 0 bridgehead atoms. The molecule has 1 heterocycles. The highest BCUT2D eigenvalue weighted by atomic mass is 35.5. The fourth-order valence-electron chi connectivity index (χ4n) is 3.52. The largest absolute Gasteiger partial charge is 0.393 e. The van der Waals surface area contributed by atoms with Crippen LogP contribution >= 0.6 is 23.2 Å². The summed E-state index contributed by atoms with van der Waals surface area (Å²) in [5, 5.41) is 10.9. The number of aliphatic hydroxyl groups is 1. The van der Waals surface area contributed by atoms with Crippen LogP contribution in [0.25, 0.3) is 0 Å². The van der Waals surface area contributed by atoms with E-state index in [2.05, 4.69) is 4.90 Å². The van der Waals surface area contributed by atoms with Crippen molar-refractivity contribution in [1.29, 1.82) is 0 Å². The lowest BCUT2D eigenvalue weighted by atomic mass is 9.78. The van der Waals surface area contributed by atoms with Gasteiger partial charge < -0.3 is 5.11 Å². The van der Waals surface area contributed by atoms with Crippen LogP contribution in [0, 0.1) is 5.92 Å². The Hall–Kier alpha value is 0.240. The van der Waals surface area contributed by atoms with E-state index in [1.807, 2.05) is 0 Å². The van der Waals surface area contributed by atoms with Gasteiger partial charge in [0.15, 0.2) is 0 Å². The summed E-state index contributed by atoms with van der Waals surface area (Å²) < 4.78 is 0. The Morgan fingerprint density at radius 1 is 1.17 bits per heavy atom. The SMILES string of the molecule is OC1CCCCC1C1CCCCN1CC(Cl)=CCl. The number of aliphatic hydroxyl groups excluding tert-OH is 1. The first-order chi connectivity index (χ1) is 8.72. The molecule has 2 fully saturated rings. The molecule has 0 spiro atoms. The van der Waals surface area contributed by atoms with Crippen LogP contribution in [0.4, 0.5) is 0 Å². The van der Waals surface area contributed by atoms with Crippen molar-refractivity contribution in [2.75, 3.05) is 13.1 Å². The summed E-state index contributed by atoms with van der Waals surface area (Å²) in [6, 6.07) is 0.486. The van der Waals surface area contributed by atoms with Crippen LogP contribution in [0.3, 0.4) is 0 Å². The highest BCUT2D eigenvalue weighted by Gasteiger charge is 2.35. The van der Waals surface area contributed by atoms with Gasteiger partial charge in [0.25, 0.3) is 0 Å². The lowest BCUT2D eigenvalue weighted by molar-refractivity contribution is -0.00171. The average Bonchev–Trinajstić information content (AvgIpc) is 2.40. The zero-order chi connectivity index (χ0) is 13.0. The quantitative estimate of drug-likeness (QED) is 0.857. The summed E-state index contributed by atoms with van der Waals surface area (Å²) in [6.45, 7) is 1.81. The molecule has 0 radical (unpaired) electrons. The summed E-state index contributed by atoms with van der Waals surface area (Å²) in [7, 11) is 0. The van der Waals surface area contributed by atoms with Gasteiger partial charge in [0.2, 0.25) is 0 Å². The van der Waals surface area contributed by atoms with Crippen LogP contribution in [0.2, 0.25) is 0 Å². The maximum Gasteiger partial charge on any atom is 0.0583 e. The van der Waals surface area contributed by atoms with E-state index in [9.17, 15) is 5.11 Å². The van der Waals surface area contributed by atoms with E-state index in [4.69, 9.17) is 23.2 Å². The van der Waals surface area contributed by atoms with Gasteiger partial charge in [0.05, 0.1) is 6.10 Å². The molecule has 1 saturated carbocycles. The highest BCUT2D eigenvalue weighted by Crippen LogP contribution is 2.34. The van der Waals surface area contributed by atoms with Gasteiger partial charge >= 0.3 is 0 Å². The molecule has 2 rings (SSSR count). The molecule has 0 aromatic heterocycles. The predicted octanol–water partition coefficient (Wildman–Crippen LogP) is 3.71. The predicted molar refractivity (Wildman–Crippen MR) is 77.0 cm³/mol. The Bertz CT molecular complexity index is 296. The Labute approximate surface area is 120 Å². The molecule has 3 atom stereocenters. The molecular weight excluding hydrogens is 269 g/mol. The molecule has 4 heteroatoms. The summed E-state index contributed by atoms with van der Waals surface area (Å²) >= 11 is 11.7. The van der Waals surface area contributed by atoms with Gasteiger partial charge in [-0.3, -0.25) is 4.90 Å². The van der Waals surface area contributed by atoms with Gasteiger partial charge in [-0.25, -0.2) is 0 Å². The van der Waals surface area contributed by atoms with E-state index in [1.54, 1.807) is 0 Å². The van der Waals surface area contributed by atoms with Crippen molar-refractivity contribution in [3.63, 3.8) is 0 Å². The first-order valence-electron chi connectivity index (χ1n) is 7.09. The summed E-state index contributed by atoms with van der Waals surface area (Å²) in [6.07, 6.45) is 8.12. The molecule has 1 aliphatic heterocycles. The third-order valence-corrected chi connectivity index (χ3v) is 5.02. The number of piperidine rings is 1. The highest BCUT2D eigenvalue weighted by molar-refractivity contribution is 6.36. The smallest absolute Gasteiger partial charge is 0.0583 e. The van der Waals surface area contributed by atoms with Crippen molar-refractivity contribution >= 4 is 23.2 Å². The second-order valence-electron chi connectivity index (χ2n) is 5.61. The number of hydrogen-bond acceptors (Lipinski definition) is 2. The first-order valence-corrected chi connectivity index (χ1v) is 7.90. The molecule has 1 saturated heterocycles. The van der Waals surface area contributed by atoms with Crippen LogP contribution in [0.1, 0.15) is 44.9 Å². The van der Waals surface area contributed by atoms with Crippen molar-refractivity contribution in [2.45, 2.75) is 57.1 Å². The summed E-state index contributed by atoms with van der Waals surface area (Å²) in [5.41, 5.74) is 1.46. The Morgan fingerprint density at radius 2 is 1.89 bits per heavy atom. The molecular formula is C14H23Cl2NO. The van der Waals surface area contributed by atoms with Crippen molar-refractivity contribution < 1.29 is 5.11 Å². The van der Waals surface area contributed by atoms with Crippen LogP contribution < -0.4 is 0 Å².